The summed E-state index contributed by atoms with van der Waals surface area (Å²) in [4.78, 5) is 0. The van der Waals surface area contributed by atoms with Crippen molar-refractivity contribution in [2.75, 3.05) is 6.54 Å². The zero-order valence-electron chi connectivity index (χ0n) is 11.9. The van der Waals surface area contributed by atoms with Crippen LogP contribution in [0.3, 0.4) is 0 Å². The van der Waals surface area contributed by atoms with Gasteiger partial charge in [-0.15, -0.1) is 0 Å². The van der Waals surface area contributed by atoms with Crippen LogP contribution in [-0.4, -0.2) is 30.6 Å². The van der Waals surface area contributed by atoms with Crippen LogP contribution in [0, 0.1) is 0 Å². The maximum absolute atomic E-state index is 12.6. The van der Waals surface area contributed by atoms with Crippen molar-refractivity contribution >= 4 is 10.0 Å². The summed E-state index contributed by atoms with van der Waals surface area (Å²) in [7, 11) is -3.35. The minimum atomic E-state index is -3.35. The lowest BCUT2D eigenvalue weighted by Gasteiger charge is -2.29. The van der Waals surface area contributed by atoms with Crippen LogP contribution in [0.25, 0.3) is 0 Å². The molecule has 1 aromatic carbocycles. The van der Waals surface area contributed by atoms with Gasteiger partial charge in [0.15, 0.2) is 0 Å². The monoisotopic (exact) mass is 284 g/mol. The summed E-state index contributed by atoms with van der Waals surface area (Å²) in [5.41, 5.74) is 6.59. The average Bonchev–Trinajstić information content (AvgIpc) is 2.37. The van der Waals surface area contributed by atoms with Crippen LogP contribution in [0.5, 0.6) is 0 Å². The fourth-order valence-electron chi connectivity index (χ4n) is 2.02. The predicted molar refractivity (Wildman–Crippen MR) is 79.2 cm³/mol. The van der Waals surface area contributed by atoms with Gasteiger partial charge in [0.1, 0.15) is 0 Å². The lowest BCUT2D eigenvalue weighted by Crippen LogP contribution is -2.44. The summed E-state index contributed by atoms with van der Waals surface area (Å²) in [6.07, 6.45) is 0.539. The van der Waals surface area contributed by atoms with Gasteiger partial charge in [0.2, 0.25) is 10.0 Å². The van der Waals surface area contributed by atoms with Crippen LogP contribution >= 0.6 is 0 Å². The molecule has 0 amide bonds. The van der Waals surface area contributed by atoms with Gasteiger partial charge in [0.25, 0.3) is 0 Å². The Labute approximate surface area is 116 Å². The molecule has 0 aliphatic rings. The normalized spacial score (nSPS) is 14.0. The maximum Gasteiger partial charge on any atom is 0.218 e. The smallest absolute Gasteiger partial charge is 0.218 e. The van der Waals surface area contributed by atoms with Crippen LogP contribution in [0.15, 0.2) is 30.3 Å². The van der Waals surface area contributed by atoms with Gasteiger partial charge in [-0.05, 0) is 25.8 Å². The summed E-state index contributed by atoms with van der Waals surface area (Å²) in [5.74, 6) is 0. The van der Waals surface area contributed by atoms with E-state index in [4.69, 9.17) is 5.73 Å². The van der Waals surface area contributed by atoms with Crippen LogP contribution in [0.2, 0.25) is 0 Å². The van der Waals surface area contributed by atoms with Crippen molar-refractivity contribution < 1.29 is 8.42 Å². The number of benzene rings is 1. The molecule has 0 aliphatic heterocycles. The average molecular weight is 284 g/mol. The molecule has 0 saturated heterocycles. The number of hydrogen-bond acceptors (Lipinski definition) is 3. The van der Waals surface area contributed by atoms with Gasteiger partial charge in [0.05, 0.1) is 5.25 Å². The second-order valence-electron chi connectivity index (χ2n) is 4.94. The van der Waals surface area contributed by atoms with Crippen molar-refractivity contribution in [2.45, 2.75) is 45.0 Å². The van der Waals surface area contributed by atoms with E-state index >= 15 is 0 Å². The third-order valence-electron chi connectivity index (χ3n) is 3.22. The van der Waals surface area contributed by atoms with E-state index in [2.05, 4.69) is 0 Å². The number of rotatable bonds is 7. The minimum absolute atomic E-state index is 0.0780. The van der Waals surface area contributed by atoms with Gasteiger partial charge in [-0.25, -0.2) is 8.42 Å². The van der Waals surface area contributed by atoms with E-state index in [1.165, 1.54) is 0 Å². The molecule has 5 heteroatoms. The van der Waals surface area contributed by atoms with Crippen molar-refractivity contribution in [3.8, 4) is 0 Å². The Kier molecular flexibility index (Phi) is 5.97. The molecular weight excluding hydrogens is 260 g/mol. The van der Waals surface area contributed by atoms with Crippen molar-refractivity contribution in [3.05, 3.63) is 35.9 Å². The number of nitrogens with two attached hydrogens (primary N) is 1. The molecule has 0 aliphatic carbocycles. The van der Waals surface area contributed by atoms with Gasteiger partial charge in [-0.2, -0.15) is 4.31 Å². The first-order chi connectivity index (χ1) is 8.93. The predicted octanol–water partition coefficient (Wildman–Crippen LogP) is 1.96. The van der Waals surface area contributed by atoms with E-state index in [1.807, 2.05) is 51.1 Å². The lowest BCUT2D eigenvalue weighted by molar-refractivity contribution is 0.342. The molecule has 0 heterocycles. The van der Waals surface area contributed by atoms with E-state index in [0.29, 0.717) is 13.0 Å². The van der Waals surface area contributed by atoms with E-state index in [1.54, 1.807) is 4.31 Å². The molecule has 19 heavy (non-hydrogen) atoms. The van der Waals surface area contributed by atoms with Crippen LogP contribution in [0.1, 0.15) is 32.8 Å². The Hall–Kier alpha value is -0.910. The van der Waals surface area contributed by atoms with Crippen LogP contribution in [-0.2, 0) is 16.6 Å². The number of nitrogens with zero attached hydrogens (tertiary/aromatic N) is 1. The first kappa shape index (κ1) is 16.1. The van der Waals surface area contributed by atoms with Crippen molar-refractivity contribution in [3.63, 3.8) is 0 Å². The molecule has 2 N–H and O–H groups in total. The van der Waals surface area contributed by atoms with E-state index in [-0.39, 0.29) is 12.6 Å². The van der Waals surface area contributed by atoms with Gasteiger partial charge in [-0.3, -0.25) is 0 Å². The van der Waals surface area contributed by atoms with Crippen molar-refractivity contribution in [2.24, 2.45) is 5.73 Å². The fraction of sp³-hybridized carbons (Fsp3) is 0.571. The molecular formula is C14H24N2O2S. The Morgan fingerprint density at radius 1 is 1.21 bits per heavy atom. The number of hydrogen-bond donors (Lipinski definition) is 1. The third-order valence-corrected chi connectivity index (χ3v) is 5.80. The summed E-state index contributed by atoms with van der Waals surface area (Å²) >= 11 is 0. The molecule has 1 aromatic rings. The Morgan fingerprint density at radius 3 is 2.21 bits per heavy atom. The van der Waals surface area contributed by atoms with Gasteiger partial charge in [0, 0.05) is 19.1 Å². The molecule has 0 spiro atoms. The largest absolute Gasteiger partial charge is 0.329 e. The van der Waals surface area contributed by atoms with Gasteiger partial charge in [-0.1, -0.05) is 37.3 Å². The van der Waals surface area contributed by atoms with E-state index in [9.17, 15) is 8.42 Å². The summed E-state index contributed by atoms with van der Waals surface area (Å²) in [6.45, 7) is 6.21. The molecule has 0 saturated carbocycles. The Morgan fingerprint density at radius 2 is 1.79 bits per heavy atom. The topological polar surface area (TPSA) is 63.4 Å². The Balaban J connectivity index is 3.01. The highest BCUT2D eigenvalue weighted by Crippen LogP contribution is 2.18. The minimum Gasteiger partial charge on any atom is -0.329 e. The van der Waals surface area contributed by atoms with Crippen LogP contribution in [0.4, 0.5) is 0 Å². The zero-order chi connectivity index (χ0) is 14.5. The van der Waals surface area contributed by atoms with Crippen molar-refractivity contribution in [1.82, 2.24) is 4.31 Å². The zero-order valence-corrected chi connectivity index (χ0v) is 12.7. The van der Waals surface area contributed by atoms with E-state index in [0.717, 1.165) is 5.56 Å². The number of sulfonamides is 1. The molecule has 0 fully saturated rings. The molecule has 1 atom stereocenters. The molecule has 0 bridgehead atoms. The molecule has 108 valence electrons. The molecule has 0 aromatic heterocycles. The fourth-order valence-corrected chi connectivity index (χ4v) is 3.98. The van der Waals surface area contributed by atoms with Gasteiger partial charge >= 0.3 is 0 Å². The second-order valence-corrected chi connectivity index (χ2v) is 7.10. The molecule has 1 unspecified atom stereocenters. The first-order valence-corrected chi connectivity index (χ1v) is 8.18. The highest BCUT2D eigenvalue weighted by molar-refractivity contribution is 7.89. The SMILES string of the molecule is CCC(CN)S(=O)(=O)N(Cc1ccccc1)C(C)C. The van der Waals surface area contributed by atoms with E-state index < -0.39 is 15.3 Å². The third kappa shape index (κ3) is 4.03. The summed E-state index contributed by atoms with van der Waals surface area (Å²) in [5, 5.41) is -0.501. The Bertz CT molecular complexity index is 467. The molecule has 4 nitrogen and oxygen atoms in total. The highest BCUT2D eigenvalue weighted by atomic mass is 32.2. The molecule has 1 rings (SSSR count). The summed E-state index contributed by atoms with van der Waals surface area (Å²) < 4.78 is 26.7. The van der Waals surface area contributed by atoms with Gasteiger partial charge < -0.3 is 5.73 Å². The second kappa shape index (κ2) is 7.03. The highest BCUT2D eigenvalue weighted by Gasteiger charge is 2.31. The maximum atomic E-state index is 12.6. The van der Waals surface area contributed by atoms with Crippen LogP contribution < -0.4 is 5.73 Å². The summed E-state index contributed by atoms with van der Waals surface area (Å²) in [6, 6.07) is 9.56. The van der Waals surface area contributed by atoms with Crippen molar-refractivity contribution in [1.29, 1.82) is 0 Å². The first-order valence-electron chi connectivity index (χ1n) is 6.68. The molecule has 0 radical (unpaired) electrons. The quantitative estimate of drug-likeness (QED) is 0.832. The standard InChI is InChI=1S/C14H24N2O2S/c1-4-14(10-15)19(17,18)16(12(2)3)11-13-8-6-5-7-9-13/h5-9,12,14H,4,10-11,15H2,1-3H3. The lowest BCUT2D eigenvalue weighted by atomic mass is 10.2.